The van der Waals surface area contributed by atoms with Crippen molar-refractivity contribution in [3.05, 3.63) is 53.6 Å². The Balaban J connectivity index is 1.51. The quantitative estimate of drug-likeness (QED) is 0.581. The largest absolute Gasteiger partial charge is 0.497 e. The van der Waals surface area contributed by atoms with E-state index in [4.69, 9.17) is 14.2 Å². The average molecular weight is 455 g/mol. The van der Waals surface area contributed by atoms with E-state index in [1.54, 1.807) is 49.4 Å². The van der Waals surface area contributed by atoms with Crippen LogP contribution in [-0.4, -0.2) is 56.1 Å². The van der Waals surface area contributed by atoms with Crippen LogP contribution in [0.15, 0.2) is 42.5 Å². The smallest absolute Gasteiger partial charge is 0.311 e. The summed E-state index contributed by atoms with van der Waals surface area (Å²) < 4.78 is 15.4. The lowest BCUT2D eigenvalue weighted by Crippen LogP contribution is -2.43. The van der Waals surface area contributed by atoms with E-state index in [9.17, 15) is 19.2 Å². The summed E-state index contributed by atoms with van der Waals surface area (Å²) >= 11 is 0. The summed E-state index contributed by atoms with van der Waals surface area (Å²) in [4.78, 5) is 49.3. The highest BCUT2D eigenvalue weighted by molar-refractivity contribution is 5.98. The highest BCUT2D eigenvalue weighted by Crippen LogP contribution is 2.29. The van der Waals surface area contributed by atoms with Crippen LogP contribution in [0.5, 0.6) is 11.5 Å². The van der Waals surface area contributed by atoms with Crippen LogP contribution in [0.4, 0.5) is 5.69 Å². The molecular formula is C23H25N3O7. The standard InChI is InChI=1S/C23H25N3O7/c1-14-6-4-5-7-17(14)22(29)25-26-12-15(10-21(26)28)23(30)33-13-20(27)24-18-9-8-16(31-2)11-19(18)32-3/h4-9,11,15H,10,12-13H2,1-3H3,(H,24,27)(H,25,29)/t15-/m0/s1. The third kappa shape index (κ3) is 5.79. The second-order valence-corrected chi connectivity index (χ2v) is 7.38. The van der Waals surface area contributed by atoms with Crippen LogP contribution >= 0.6 is 0 Å². The molecule has 0 bridgehead atoms. The predicted octanol–water partition coefficient (Wildman–Crippen LogP) is 1.69. The van der Waals surface area contributed by atoms with Crippen molar-refractivity contribution in [1.82, 2.24) is 10.4 Å². The number of nitrogens with one attached hydrogen (secondary N) is 2. The number of anilines is 1. The van der Waals surface area contributed by atoms with E-state index in [-0.39, 0.29) is 13.0 Å². The number of carbonyl (C=O) groups is 4. The van der Waals surface area contributed by atoms with E-state index in [1.165, 1.54) is 14.2 Å². The van der Waals surface area contributed by atoms with E-state index in [0.29, 0.717) is 22.7 Å². The molecule has 1 fully saturated rings. The van der Waals surface area contributed by atoms with Gasteiger partial charge in [0.25, 0.3) is 11.8 Å². The molecule has 0 saturated carbocycles. The van der Waals surface area contributed by atoms with Gasteiger partial charge in [-0.1, -0.05) is 18.2 Å². The fourth-order valence-corrected chi connectivity index (χ4v) is 3.33. The molecule has 2 aromatic rings. The zero-order valence-corrected chi connectivity index (χ0v) is 18.5. The van der Waals surface area contributed by atoms with Crippen LogP contribution in [0.25, 0.3) is 0 Å². The van der Waals surface area contributed by atoms with Crippen molar-refractivity contribution in [3.63, 3.8) is 0 Å². The third-order valence-corrected chi connectivity index (χ3v) is 5.11. The molecule has 0 aliphatic carbocycles. The van der Waals surface area contributed by atoms with Crippen LogP contribution in [-0.2, 0) is 19.1 Å². The first kappa shape index (κ1) is 23.6. The van der Waals surface area contributed by atoms with Gasteiger partial charge in [-0.3, -0.25) is 29.6 Å². The van der Waals surface area contributed by atoms with Crippen LogP contribution in [0.1, 0.15) is 22.3 Å². The van der Waals surface area contributed by atoms with Gasteiger partial charge < -0.3 is 19.5 Å². The van der Waals surface area contributed by atoms with Crippen molar-refractivity contribution in [3.8, 4) is 11.5 Å². The molecule has 174 valence electrons. The number of rotatable bonds is 8. The Labute approximate surface area is 190 Å². The van der Waals surface area contributed by atoms with Gasteiger partial charge in [-0.25, -0.2) is 0 Å². The molecule has 33 heavy (non-hydrogen) atoms. The molecule has 3 amide bonds. The van der Waals surface area contributed by atoms with Gasteiger partial charge >= 0.3 is 5.97 Å². The normalized spacial score (nSPS) is 15.1. The van der Waals surface area contributed by atoms with Crippen molar-refractivity contribution in [2.24, 2.45) is 5.92 Å². The van der Waals surface area contributed by atoms with E-state index >= 15 is 0 Å². The van der Waals surface area contributed by atoms with Gasteiger partial charge in [0, 0.05) is 18.1 Å². The molecule has 1 heterocycles. The number of methoxy groups -OCH3 is 2. The Morgan fingerprint density at radius 1 is 1.09 bits per heavy atom. The fraction of sp³-hybridized carbons (Fsp3) is 0.304. The summed E-state index contributed by atoms with van der Waals surface area (Å²) in [7, 11) is 2.96. The fourth-order valence-electron chi connectivity index (χ4n) is 3.33. The zero-order chi connectivity index (χ0) is 24.0. The van der Waals surface area contributed by atoms with Gasteiger partial charge in [-0.15, -0.1) is 0 Å². The second-order valence-electron chi connectivity index (χ2n) is 7.38. The van der Waals surface area contributed by atoms with Gasteiger partial charge in [0.15, 0.2) is 6.61 Å². The zero-order valence-electron chi connectivity index (χ0n) is 18.5. The van der Waals surface area contributed by atoms with E-state index in [1.807, 2.05) is 0 Å². The van der Waals surface area contributed by atoms with Crippen molar-refractivity contribution < 1.29 is 33.4 Å². The molecular weight excluding hydrogens is 430 g/mol. The number of amides is 3. The average Bonchev–Trinajstić information content (AvgIpc) is 3.18. The molecule has 1 aliphatic rings. The van der Waals surface area contributed by atoms with Crippen molar-refractivity contribution >= 4 is 29.4 Å². The predicted molar refractivity (Wildman–Crippen MR) is 118 cm³/mol. The summed E-state index contributed by atoms with van der Waals surface area (Å²) in [6, 6.07) is 11.8. The summed E-state index contributed by atoms with van der Waals surface area (Å²) in [5.41, 5.74) is 4.11. The van der Waals surface area contributed by atoms with Crippen LogP contribution in [0, 0.1) is 12.8 Å². The molecule has 2 N–H and O–H groups in total. The Morgan fingerprint density at radius 2 is 1.85 bits per heavy atom. The van der Waals surface area contributed by atoms with Crippen LogP contribution in [0.3, 0.4) is 0 Å². The summed E-state index contributed by atoms with van der Waals surface area (Å²) in [6.45, 7) is 1.21. The maximum atomic E-state index is 12.4. The molecule has 0 radical (unpaired) electrons. The minimum absolute atomic E-state index is 0.0385. The first-order valence-electron chi connectivity index (χ1n) is 10.2. The third-order valence-electron chi connectivity index (χ3n) is 5.11. The van der Waals surface area contributed by atoms with E-state index in [0.717, 1.165) is 10.6 Å². The number of ether oxygens (including phenoxy) is 3. The summed E-state index contributed by atoms with van der Waals surface area (Å²) in [5, 5.41) is 3.69. The van der Waals surface area contributed by atoms with Crippen LogP contribution < -0.4 is 20.2 Å². The first-order chi connectivity index (χ1) is 15.8. The second kappa shape index (κ2) is 10.5. The first-order valence-corrected chi connectivity index (χ1v) is 10.2. The number of hydrazine groups is 1. The number of carbonyl (C=O) groups excluding carboxylic acids is 4. The van der Waals surface area contributed by atoms with Crippen molar-refractivity contribution in [1.29, 1.82) is 0 Å². The minimum Gasteiger partial charge on any atom is -0.497 e. The maximum absolute atomic E-state index is 12.4. The summed E-state index contributed by atoms with van der Waals surface area (Å²) in [5.74, 6) is -1.97. The monoisotopic (exact) mass is 455 g/mol. The topological polar surface area (TPSA) is 123 Å². The van der Waals surface area contributed by atoms with Gasteiger partial charge in [0.2, 0.25) is 5.91 Å². The highest BCUT2D eigenvalue weighted by atomic mass is 16.5. The highest BCUT2D eigenvalue weighted by Gasteiger charge is 2.36. The Morgan fingerprint density at radius 3 is 2.55 bits per heavy atom. The van der Waals surface area contributed by atoms with Gasteiger partial charge in [0.1, 0.15) is 11.5 Å². The lowest BCUT2D eigenvalue weighted by molar-refractivity contribution is -0.151. The number of nitrogens with zero attached hydrogens (tertiary/aromatic N) is 1. The lowest BCUT2D eigenvalue weighted by Gasteiger charge is -2.18. The molecule has 3 rings (SSSR count). The molecule has 0 spiro atoms. The number of aryl methyl sites for hydroxylation is 1. The van der Waals surface area contributed by atoms with Gasteiger partial charge in [-0.05, 0) is 30.7 Å². The number of hydrogen-bond acceptors (Lipinski definition) is 7. The van der Waals surface area contributed by atoms with Gasteiger partial charge in [0.05, 0.1) is 32.4 Å². The minimum atomic E-state index is -0.794. The molecule has 10 nitrogen and oxygen atoms in total. The Hall–Kier alpha value is -4.08. The maximum Gasteiger partial charge on any atom is 0.311 e. The molecule has 0 aromatic heterocycles. The van der Waals surface area contributed by atoms with Crippen molar-refractivity contribution in [2.45, 2.75) is 13.3 Å². The van der Waals surface area contributed by atoms with E-state index in [2.05, 4.69) is 10.7 Å². The summed E-state index contributed by atoms with van der Waals surface area (Å²) in [6.07, 6.45) is -0.124. The molecule has 2 aromatic carbocycles. The van der Waals surface area contributed by atoms with Crippen LogP contribution in [0.2, 0.25) is 0 Å². The molecule has 10 heteroatoms. The lowest BCUT2D eigenvalue weighted by atomic mass is 10.1. The van der Waals surface area contributed by atoms with Crippen molar-refractivity contribution in [2.75, 3.05) is 32.7 Å². The Kier molecular flexibility index (Phi) is 7.50. The number of esters is 1. The molecule has 0 unspecified atom stereocenters. The SMILES string of the molecule is COc1ccc(NC(=O)COC(=O)[C@H]2CC(=O)N(NC(=O)c3ccccc3C)C2)c(OC)c1. The number of hydrogen-bond donors (Lipinski definition) is 2. The Bertz CT molecular complexity index is 1070. The molecule has 1 aliphatic heterocycles. The van der Waals surface area contributed by atoms with Gasteiger partial charge in [-0.2, -0.15) is 0 Å². The molecule has 1 atom stereocenters. The molecule has 1 saturated heterocycles. The number of benzene rings is 2. The van der Waals surface area contributed by atoms with E-state index < -0.39 is 36.2 Å².